The molecule has 7 nitrogen and oxygen atoms in total. The molecule has 0 bridgehead atoms. The molecule has 1 aliphatic rings. The number of anilines is 1. The number of benzene rings is 2. The first-order valence-corrected chi connectivity index (χ1v) is 10.7. The van der Waals surface area contributed by atoms with Crippen LogP contribution in [0.25, 0.3) is 0 Å². The normalized spacial score (nSPS) is 15.4. The van der Waals surface area contributed by atoms with Crippen LogP contribution in [-0.2, 0) is 11.2 Å². The summed E-state index contributed by atoms with van der Waals surface area (Å²) in [5, 5.41) is 2.84. The molecular formula is C25H25FN4O3. The summed E-state index contributed by atoms with van der Waals surface area (Å²) in [4.78, 5) is 36.1. The molecule has 33 heavy (non-hydrogen) atoms. The van der Waals surface area contributed by atoms with Crippen LogP contribution < -0.4 is 10.1 Å². The second-order valence-electron chi connectivity index (χ2n) is 8.04. The summed E-state index contributed by atoms with van der Waals surface area (Å²) in [6, 6.07) is 13.0. The Balaban J connectivity index is 1.37. The van der Waals surface area contributed by atoms with E-state index in [1.54, 1.807) is 61.5 Å². The first kappa shape index (κ1) is 22.4. The van der Waals surface area contributed by atoms with Gasteiger partial charge in [0.05, 0.1) is 24.8 Å². The van der Waals surface area contributed by atoms with Crippen LogP contribution in [0.5, 0.6) is 5.75 Å². The number of rotatable bonds is 6. The van der Waals surface area contributed by atoms with E-state index in [0.29, 0.717) is 41.6 Å². The summed E-state index contributed by atoms with van der Waals surface area (Å²) in [6.07, 6.45) is 2.53. The average Bonchev–Trinajstić information content (AvgIpc) is 3.31. The predicted molar refractivity (Wildman–Crippen MR) is 122 cm³/mol. The van der Waals surface area contributed by atoms with Gasteiger partial charge in [0.25, 0.3) is 5.91 Å². The summed E-state index contributed by atoms with van der Waals surface area (Å²) in [6.45, 7) is 2.92. The standard InChI is InChI=1S/C25H25FN4O3/c1-16-22(25(32)29-20-7-9-21(33-2)10-8-20)14-27-24(28-16)18-11-12-30(15-18)23(31)13-17-3-5-19(26)6-4-17/h3-10,14,18H,11-13,15H2,1-2H3,(H,29,32)/t18-/m0/s1. The number of ether oxygens (including phenoxy) is 1. The molecular weight excluding hydrogens is 423 g/mol. The lowest BCUT2D eigenvalue weighted by atomic mass is 10.1. The molecule has 3 aromatic rings. The maximum absolute atomic E-state index is 13.1. The molecule has 1 fully saturated rings. The molecule has 4 rings (SSSR count). The van der Waals surface area contributed by atoms with Crippen molar-refractivity contribution in [2.45, 2.75) is 25.7 Å². The zero-order chi connectivity index (χ0) is 23.4. The number of hydrogen-bond donors (Lipinski definition) is 1. The van der Waals surface area contributed by atoms with Gasteiger partial charge < -0.3 is 15.0 Å². The molecule has 0 saturated carbocycles. The van der Waals surface area contributed by atoms with E-state index in [1.807, 2.05) is 0 Å². The molecule has 8 heteroatoms. The van der Waals surface area contributed by atoms with Crippen LogP contribution in [0, 0.1) is 12.7 Å². The monoisotopic (exact) mass is 448 g/mol. The van der Waals surface area contributed by atoms with Gasteiger partial charge in [-0.3, -0.25) is 9.59 Å². The molecule has 2 amide bonds. The van der Waals surface area contributed by atoms with Crippen molar-refractivity contribution in [3.05, 3.63) is 83.2 Å². The van der Waals surface area contributed by atoms with E-state index in [9.17, 15) is 14.0 Å². The van der Waals surface area contributed by atoms with Gasteiger partial charge in [-0.25, -0.2) is 14.4 Å². The Morgan fingerprint density at radius 1 is 1.15 bits per heavy atom. The van der Waals surface area contributed by atoms with Gasteiger partial charge in [-0.15, -0.1) is 0 Å². The molecule has 0 aliphatic carbocycles. The van der Waals surface area contributed by atoms with Gasteiger partial charge in [-0.1, -0.05) is 12.1 Å². The van der Waals surface area contributed by atoms with Crippen LogP contribution >= 0.6 is 0 Å². The molecule has 1 aromatic heterocycles. The minimum absolute atomic E-state index is 0.00341. The Morgan fingerprint density at radius 3 is 2.55 bits per heavy atom. The van der Waals surface area contributed by atoms with Crippen LogP contribution in [0.4, 0.5) is 10.1 Å². The first-order valence-electron chi connectivity index (χ1n) is 10.7. The Morgan fingerprint density at radius 2 is 1.88 bits per heavy atom. The van der Waals surface area contributed by atoms with Crippen LogP contribution in [0.3, 0.4) is 0 Å². The fourth-order valence-electron chi connectivity index (χ4n) is 3.86. The van der Waals surface area contributed by atoms with E-state index >= 15 is 0 Å². The summed E-state index contributed by atoms with van der Waals surface area (Å²) in [5.74, 6) is 0.743. The summed E-state index contributed by atoms with van der Waals surface area (Å²) >= 11 is 0. The number of hydrogen-bond acceptors (Lipinski definition) is 5. The molecule has 1 atom stereocenters. The van der Waals surface area contributed by atoms with Gasteiger partial charge in [0.15, 0.2) is 0 Å². The van der Waals surface area contributed by atoms with E-state index in [2.05, 4.69) is 15.3 Å². The molecule has 2 heterocycles. The van der Waals surface area contributed by atoms with Crippen LogP contribution in [0.15, 0.2) is 54.7 Å². The Kier molecular flexibility index (Phi) is 6.63. The summed E-state index contributed by atoms with van der Waals surface area (Å²) in [7, 11) is 1.58. The highest BCUT2D eigenvalue weighted by molar-refractivity contribution is 6.04. The van der Waals surface area contributed by atoms with Crippen molar-refractivity contribution in [3.8, 4) is 5.75 Å². The topological polar surface area (TPSA) is 84.4 Å². The quantitative estimate of drug-likeness (QED) is 0.621. The maximum atomic E-state index is 13.1. The third-order valence-electron chi connectivity index (χ3n) is 5.77. The maximum Gasteiger partial charge on any atom is 0.259 e. The van der Waals surface area contributed by atoms with Crippen LogP contribution in [0.2, 0.25) is 0 Å². The van der Waals surface area contributed by atoms with Crippen molar-refractivity contribution in [2.75, 3.05) is 25.5 Å². The van der Waals surface area contributed by atoms with Crippen molar-refractivity contribution in [1.82, 2.24) is 14.9 Å². The fourth-order valence-corrected chi connectivity index (χ4v) is 3.86. The molecule has 0 spiro atoms. The molecule has 1 N–H and O–H groups in total. The second-order valence-corrected chi connectivity index (χ2v) is 8.04. The first-order chi connectivity index (χ1) is 15.9. The van der Waals surface area contributed by atoms with Crippen molar-refractivity contribution in [2.24, 2.45) is 0 Å². The Hall–Kier alpha value is -3.81. The highest BCUT2D eigenvalue weighted by atomic mass is 19.1. The van der Waals surface area contributed by atoms with Gasteiger partial charge in [0.1, 0.15) is 17.4 Å². The number of nitrogens with one attached hydrogen (secondary N) is 1. The van der Waals surface area contributed by atoms with Gasteiger partial charge in [0.2, 0.25) is 5.91 Å². The second kappa shape index (κ2) is 9.77. The number of carbonyl (C=O) groups is 2. The number of nitrogens with zero attached hydrogens (tertiary/aromatic N) is 3. The molecule has 0 unspecified atom stereocenters. The zero-order valence-electron chi connectivity index (χ0n) is 18.5. The lowest BCUT2D eigenvalue weighted by Crippen LogP contribution is -2.30. The predicted octanol–water partition coefficient (Wildman–Crippen LogP) is 3.74. The lowest BCUT2D eigenvalue weighted by Gasteiger charge is -2.16. The number of likely N-dealkylation sites (tertiary alicyclic amines) is 1. The molecule has 2 aromatic carbocycles. The van der Waals surface area contributed by atoms with E-state index in [0.717, 1.165) is 12.0 Å². The van der Waals surface area contributed by atoms with Crippen molar-refractivity contribution >= 4 is 17.5 Å². The summed E-state index contributed by atoms with van der Waals surface area (Å²) < 4.78 is 18.2. The zero-order valence-corrected chi connectivity index (χ0v) is 18.5. The highest BCUT2D eigenvalue weighted by Gasteiger charge is 2.29. The Bertz CT molecular complexity index is 1150. The van der Waals surface area contributed by atoms with Crippen molar-refractivity contribution in [1.29, 1.82) is 0 Å². The van der Waals surface area contributed by atoms with E-state index in [1.165, 1.54) is 12.1 Å². The Labute approximate surface area is 191 Å². The van der Waals surface area contributed by atoms with E-state index in [-0.39, 0.29) is 30.0 Å². The lowest BCUT2D eigenvalue weighted by molar-refractivity contribution is -0.129. The number of methoxy groups -OCH3 is 1. The highest BCUT2D eigenvalue weighted by Crippen LogP contribution is 2.26. The van der Waals surface area contributed by atoms with Crippen LogP contribution in [0.1, 0.15) is 39.8 Å². The third kappa shape index (κ3) is 5.34. The molecule has 1 saturated heterocycles. The number of amides is 2. The molecule has 1 aliphatic heterocycles. The number of aromatic nitrogens is 2. The van der Waals surface area contributed by atoms with Crippen molar-refractivity contribution in [3.63, 3.8) is 0 Å². The smallest absolute Gasteiger partial charge is 0.259 e. The largest absolute Gasteiger partial charge is 0.497 e. The van der Waals surface area contributed by atoms with Crippen molar-refractivity contribution < 1.29 is 18.7 Å². The minimum atomic E-state index is -0.318. The van der Waals surface area contributed by atoms with Gasteiger partial charge in [0, 0.05) is 30.9 Å². The van der Waals surface area contributed by atoms with Crippen LogP contribution in [-0.4, -0.2) is 46.9 Å². The van der Waals surface area contributed by atoms with Gasteiger partial charge >= 0.3 is 0 Å². The van der Waals surface area contributed by atoms with Gasteiger partial charge in [-0.05, 0) is 55.3 Å². The fraction of sp³-hybridized carbons (Fsp3) is 0.280. The van der Waals surface area contributed by atoms with E-state index in [4.69, 9.17) is 4.74 Å². The third-order valence-corrected chi connectivity index (χ3v) is 5.77. The summed E-state index contributed by atoms with van der Waals surface area (Å²) in [5.41, 5.74) is 2.42. The SMILES string of the molecule is COc1ccc(NC(=O)c2cnc([C@H]3CCN(C(=O)Cc4ccc(F)cc4)C3)nc2C)cc1. The number of carbonyl (C=O) groups excluding carboxylic acids is 2. The van der Waals surface area contributed by atoms with E-state index < -0.39 is 0 Å². The van der Waals surface area contributed by atoms with Gasteiger partial charge in [-0.2, -0.15) is 0 Å². The molecule has 170 valence electrons. The molecule has 0 radical (unpaired) electrons. The number of aryl methyl sites for hydroxylation is 1. The average molecular weight is 448 g/mol. The number of halogens is 1. The minimum Gasteiger partial charge on any atom is -0.497 e.